The average molecular weight is 364 g/mol. The number of hydrogen-bond acceptors (Lipinski definition) is 3. The molecule has 2 aromatic carbocycles. The van der Waals surface area contributed by atoms with E-state index in [-0.39, 0.29) is 5.69 Å². The molecular weight excluding hydrogens is 344 g/mol. The summed E-state index contributed by atoms with van der Waals surface area (Å²) in [7, 11) is 0. The Hall–Kier alpha value is -2.73. The summed E-state index contributed by atoms with van der Waals surface area (Å²) < 4.78 is 3.92. The number of aromatic nitrogens is 4. The minimum absolute atomic E-state index is 0.0440. The second-order valence-electron chi connectivity index (χ2n) is 6.22. The standard InChI is InChI=1S/C20H20N4OS/c1-15-6-4-7-16(14-15)23-12-10-21-20(23)26-13-5-11-24-18-9-3-2-8-17(18)22-19(24)25/h2-4,6-10,12,14H,5,11,13H2,1H3,(H,22,25). The van der Waals surface area contributed by atoms with Crippen molar-refractivity contribution in [3.05, 3.63) is 77.0 Å². The smallest absolute Gasteiger partial charge is 0.306 e. The molecule has 0 spiro atoms. The predicted molar refractivity (Wildman–Crippen MR) is 106 cm³/mol. The molecule has 0 fully saturated rings. The molecule has 4 rings (SSSR count). The summed E-state index contributed by atoms with van der Waals surface area (Å²) >= 11 is 1.71. The summed E-state index contributed by atoms with van der Waals surface area (Å²) in [4.78, 5) is 19.5. The van der Waals surface area contributed by atoms with Gasteiger partial charge in [-0.15, -0.1) is 0 Å². The van der Waals surface area contributed by atoms with Gasteiger partial charge in [0.2, 0.25) is 0 Å². The maximum atomic E-state index is 12.1. The van der Waals surface area contributed by atoms with E-state index in [2.05, 4.69) is 45.7 Å². The maximum absolute atomic E-state index is 12.1. The third-order valence-electron chi connectivity index (χ3n) is 4.33. The number of imidazole rings is 2. The van der Waals surface area contributed by atoms with Gasteiger partial charge in [0.15, 0.2) is 5.16 Å². The lowest BCUT2D eigenvalue weighted by molar-refractivity contribution is 0.678. The molecule has 0 amide bonds. The van der Waals surface area contributed by atoms with E-state index in [1.54, 1.807) is 11.8 Å². The highest BCUT2D eigenvalue weighted by molar-refractivity contribution is 7.99. The first kappa shape index (κ1) is 16.7. The van der Waals surface area contributed by atoms with Crippen LogP contribution in [0.5, 0.6) is 0 Å². The molecule has 5 nitrogen and oxygen atoms in total. The van der Waals surface area contributed by atoms with Gasteiger partial charge < -0.3 is 4.98 Å². The van der Waals surface area contributed by atoms with Crippen molar-refractivity contribution in [3.8, 4) is 5.69 Å². The fourth-order valence-corrected chi connectivity index (χ4v) is 3.98. The van der Waals surface area contributed by atoms with Gasteiger partial charge in [0.1, 0.15) is 0 Å². The molecule has 1 N–H and O–H groups in total. The quantitative estimate of drug-likeness (QED) is 0.415. The molecule has 0 bridgehead atoms. The second kappa shape index (κ2) is 7.25. The molecule has 0 aliphatic carbocycles. The first-order chi connectivity index (χ1) is 12.7. The molecule has 0 saturated carbocycles. The lowest BCUT2D eigenvalue weighted by atomic mass is 10.2. The number of benzene rings is 2. The molecular formula is C20H20N4OS. The van der Waals surface area contributed by atoms with Crippen LogP contribution in [0.3, 0.4) is 0 Å². The van der Waals surface area contributed by atoms with Gasteiger partial charge >= 0.3 is 5.69 Å². The van der Waals surface area contributed by atoms with E-state index in [1.807, 2.05) is 41.2 Å². The van der Waals surface area contributed by atoms with Crippen LogP contribution in [0, 0.1) is 6.92 Å². The molecule has 132 valence electrons. The van der Waals surface area contributed by atoms with Gasteiger partial charge in [0, 0.05) is 30.4 Å². The van der Waals surface area contributed by atoms with Crippen LogP contribution < -0.4 is 5.69 Å². The van der Waals surface area contributed by atoms with Crippen molar-refractivity contribution in [3.63, 3.8) is 0 Å². The number of nitrogens with zero attached hydrogens (tertiary/aromatic N) is 3. The lowest BCUT2D eigenvalue weighted by Gasteiger charge is -2.08. The fraction of sp³-hybridized carbons (Fsp3) is 0.200. The van der Waals surface area contributed by atoms with Gasteiger partial charge in [-0.2, -0.15) is 0 Å². The topological polar surface area (TPSA) is 55.6 Å². The number of fused-ring (bicyclic) bond motifs is 1. The molecule has 0 radical (unpaired) electrons. The third-order valence-corrected chi connectivity index (χ3v) is 5.38. The number of rotatable bonds is 6. The Bertz CT molecular complexity index is 1090. The monoisotopic (exact) mass is 364 g/mol. The Balaban J connectivity index is 1.42. The molecule has 6 heteroatoms. The lowest BCUT2D eigenvalue weighted by Crippen LogP contribution is -2.17. The number of para-hydroxylation sites is 2. The molecule has 2 heterocycles. The highest BCUT2D eigenvalue weighted by atomic mass is 32.2. The zero-order chi connectivity index (χ0) is 17.9. The Morgan fingerprint density at radius 3 is 2.92 bits per heavy atom. The van der Waals surface area contributed by atoms with Crippen LogP contribution >= 0.6 is 11.8 Å². The molecule has 0 aliphatic heterocycles. The van der Waals surface area contributed by atoms with E-state index < -0.39 is 0 Å². The summed E-state index contributed by atoms with van der Waals surface area (Å²) in [6.45, 7) is 2.78. The SMILES string of the molecule is Cc1cccc(-n2ccnc2SCCCn2c(=O)[nH]c3ccccc32)c1. The summed E-state index contributed by atoms with van der Waals surface area (Å²) in [6, 6.07) is 16.2. The Kier molecular flexibility index (Phi) is 4.67. The van der Waals surface area contributed by atoms with Crippen molar-refractivity contribution in [1.29, 1.82) is 0 Å². The van der Waals surface area contributed by atoms with E-state index in [0.717, 1.165) is 34.1 Å². The molecule has 0 unspecified atom stereocenters. The molecule has 0 atom stereocenters. The normalized spacial score (nSPS) is 11.3. The van der Waals surface area contributed by atoms with Gasteiger partial charge in [-0.05, 0) is 43.2 Å². The second-order valence-corrected chi connectivity index (χ2v) is 7.28. The highest BCUT2D eigenvalue weighted by Gasteiger charge is 2.08. The third kappa shape index (κ3) is 3.32. The van der Waals surface area contributed by atoms with Crippen molar-refractivity contribution in [2.45, 2.75) is 25.0 Å². The van der Waals surface area contributed by atoms with Crippen LogP contribution in [-0.2, 0) is 6.54 Å². The number of nitrogens with one attached hydrogen (secondary N) is 1. The van der Waals surface area contributed by atoms with Gasteiger partial charge in [-0.25, -0.2) is 9.78 Å². The summed E-state index contributed by atoms with van der Waals surface area (Å²) in [6.07, 6.45) is 4.71. The largest absolute Gasteiger partial charge is 0.326 e. The number of hydrogen-bond donors (Lipinski definition) is 1. The van der Waals surface area contributed by atoms with Crippen LogP contribution in [0.4, 0.5) is 0 Å². The predicted octanol–water partition coefficient (Wildman–Crippen LogP) is 4.01. The molecule has 0 saturated heterocycles. The summed E-state index contributed by atoms with van der Waals surface area (Å²) in [5.74, 6) is 0.898. The van der Waals surface area contributed by atoms with E-state index in [4.69, 9.17) is 0 Å². The van der Waals surface area contributed by atoms with Gasteiger partial charge in [0.25, 0.3) is 0 Å². The van der Waals surface area contributed by atoms with Gasteiger partial charge in [-0.3, -0.25) is 9.13 Å². The molecule has 0 aliphatic rings. The Morgan fingerprint density at radius 1 is 1.15 bits per heavy atom. The van der Waals surface area contributed by atoms with Crippen molar-refractivity contribution < 1.29 is 0 Å². The average Bonchev–Trinajstić information content (AvgIpc) is 3.23. The summed E-state index contributed by atoms with van der Waals surface area (Å²) in [5, 5.41) is 0.974. The van der Waals surface area contributed by atoms with Crippen molar-refractivity contribution in [2.24, 2.45) is 0 Å². The van der Waals surface area contributed by atoms with Crippen molar-refractivity contribution in [1.82, 2.24) is 19.1 Å². The Labute approximate surface area is 155 Å². The van der Waals surface area contributed by atoms with E-state index >= 15 is 0 Å². The number of aryl methyl sites for hydroxylation is 2. The summed E-state index contributed by atoms with van der Waals surface area (Å²) in [5.41, 5.74) is 4.16. The molecule has 4 aromatic rings. The number of H-pyrrole nitrogens is 1. The van der Waals surface area contributed by atoms with Crippen LogP contribution in [-0.4, -0.2) is 24.9 Å². The van der Waals surface area contributed by atoms with Crippen molar-refractivity contribution in [2.75, 3.05) is 5.75 Å². The number of thioether (sulfide) groups is 1. The minimum atomic E-state index is -0.0440. The maximum Gasteiger partial charge on any atom is 0.326 e. The number of aromatic amines is 1. The molecule has 26 heavy (non-hydrogen) atoms. The van der Waals surface area contributed by atoms with E-state index in [0.29, 0.717) is 6.54 Å². The minimum Gasteiger partial charge on any atom is -0.306 e. The van der Waals surface area contributed by atoms with Crippen LogP contribution in [0.15, 0.2) is 70.9 Å². The van der Waals surface area contributed by atoms with Crippen LogP contribution in [0.25, 0.3) is 16.7 Å². The zero-order valence-electron chi connectivity index (χ0n) is 14.6. The first-order valence-corrected chi connectivity index (χ1v) is 9.62. The van der Waals surface area contributed by atoms with E-state index in [9.17, 15) is 4.79 Å². The Morgan fingerprint density at radius 2 is 2.04 bits per heavy atom. The van der Waals surface area contributed by atoms with Crippen LogP contribution in [0.1, 0.15) is 12.0 Å². The van der Waals surface area contributed by atoms with Crippen LogP contribution in [0.2, 0.25) is 0 Å². The fourth-order valence-electron chi connectivity index (χ4n) is 3.09. The van der Waals surface area contributed by atoms with E-state index in [1.165, 1.54) is 5.56 Å². The van der Waals surface area contributed by atoms with Gasteiger partial charge in [-0.1, -0.05) is 36.0 Å². The molecule has 2 aromatic heterocycles. The first-order valence-electron chi connectivity index (χ1n) is 8.63. The van der Waals surface area contributed by atoms with Crippen molar-refractivity contribution >= 4 is 22.8 Å². The zero-order valence-corrected chi connectivity index (χ0v) is 15.4. The highest BCUT2D eigenvalue weighted by Crippen LogP contribution is 2.22. The van der Waals surface area contributed by atoms with Gasteiger partial charge in [0.05, 0.1) is 11.0 Å².